The monoisotopic (exact) mass is 965 g/mol. The molecule has 2 fully saturated rings. The molecule has 0 aromatic rings. The maximum atomic E-state index is 13.0. The van der Waals surface area contributed by atoms with E-state index in [1.807, 2.05) is 6.08 Å². The van der Waals surface area contributed by atoms with Gasteiger partial charge in [-0.3, -0.25) is 4.79 Å². The number of ether oxygens (including phenoxy) is 6. The Kier molecular flexibility index (Phi) is 35.6. The maximum absolute atomic E-state index is 13.0. The minimum Gasteiger partial charge on any atom is -0.458 e. The fourth-order valence-corrected chi connectivity index (χ4v) is 7.53. The second-order valence-corrected chi connectivity index (χ2v) is 17.7. The van der Waals surface area contributed by atoms with Crippen molar-refractivity contribution in [1.82, 2.24) is 0 Å². The zero-order valence-corrected chi connectivity index (χ0v) is 41.1. The lowest BCUT2D eigenvalue weighted by atomic mass is 9.98. The fraction of sp³-hybridized carbons (Fsp3) is 0.736. The number of esters is 2. The molecule has 4 unspecified atom stereocenters. The largest absolute Gasteiger partial charge is 0.458 e. The van der Waals surface area contributed by atoms with Gasteiger partial charge < -0.3 is 64.2 Å². The number of unbranched alkanes of at least 4 members (excludes halogenated alkanes) is 15. The number of aliphatic hydroxyl groups is 7. The number of rotatable bonds is 38. The van der Waals surface area contributed by atoms with Gasteiger partial charge in [-0.2, -0.15) is 0 Å². The van der Waals surface area contributed by atoms with Crippen LogP contribution >= 0.6 is 0 Å². The molecule has 2 saturated heterocycles. The van der Waals surface area contributed by atoms with Crippen molar-refractivity contribution in [2.24, 2.45) is 0 Å². The molecular weight excluding hydrogens is 877 g/mol. The topological polar surface area (TPSA) is 231 Å². The Labute approximate surface area is 406 Å². The molecule has 390 valence electrons. The molecule has 0 aromatic carbocycles. The zero-order valence-electron chi connectivity index (χ0n) is 41.1. The summed E-state index contributed by atoms with van der Waals surface area (Å²) >= 11 is 0. The van der Waals surface area contributed by atoms with Crippen LogP contribution in [0.5, 0.6) is 0 Å². The van der Waals surface area contributed by atoms with Crippen LogP contribution in [-0.2, 0) is 38.0 Å². The molecule has 2 heterocycles. The van der Waals surface area contributed by atoms with Gasteiger partial charge in [0.2, 0.25) is 0 Å². The lowest BCUT2D eigenvalue weighted by Gasteiger charge is -2.42. The SMILES string of the molecule is CCC/C=C/C/C=C/C/C=C/C/C=C/CCCCCC(=O)O[C@H](COC(=O)/C=C/C=C/CCCCCCCCCCCCC)CO[C@H]1O[C@@H](CO[C@H]2O[C@@H](CO)[C@@H](O)C(O)C2O)[C@@H](O)C(O)C1O. The Bertz CT molecular complexity index is 1460. The van der Waals surface area contributed by atoms with Crippen molar-refractivity contribution in [3.05, 3.63) is 72.9 Å². The van der Waals surface area contributed by atoms with E-state index in [1.54, 1.807) is 12.2 Å². The Morgan fingerprint density at radius 2 is 1.01 bits per heavy atom. The molecule has 68 heavy (non-hydrogen) atoms. The summed E-state index contributed by atoms with van der Waals surface area (Å²) in [7, 11) is 0. The van der Waals surface area contributed by atoms with Gasteiger partial charge in [-0.25, -0.2) is 4.79 Å². The molecular formula is C53H88O15. The van der Waals surface area contributed by atoms with Crippen LogP contribution in [0, 0.1) is 0 Å². The second-order valence-electron chi connectivity index (χ2n) is 17.7. The van der Waals surface area contributed by atoms with E-state index in [4.69, 9.17) is 28.4 Å². The molecule has 0 amide bonds. The first kappa shape index (κ1) is 61.1. The van der Waals surface area contributed by atoms with E-state index in [1.165, 1.54) is 76.7 Å². The van der Waals surface area contributed by atoms with E-state index < -0.39 is 99.3 Å². The van der Waals surface area contributed by atoms with Crippen molar-refractivity contribution in [3.63, 3.8) is 0 Å². The summed E-state index contributed by atoms with van der Waals surface area (Å²) in [5.41, 5.74) is 0. The molecule has 15 heteroatoms. The van der Waals surface area contributed by atoms with E-state index in [-0.39, 0.29) is 13.0 Å². The minimum atomic E-state index is -1.79. The number of allylic oxidation sites excluding steroid dienone is 11. The molecule has 0 aromatic heterocycles. The van der Waals surface area contributed by atoms with Crippen molar-refractivity contribution >= 4 is 11.9 Å². The van der Waals surface area contributed by atoms with Crippen LogP contribution in [0.3, 0.4) is 0 Å². The quantitative estimate of drug-likeness (QED) is 0.0108. The van der Waals surface area contributed by atoms with E-state index in [9.17, 15) is 45.3 Å². The summed E-state index contributed by atoms with van der Waals surface area (Å²) < 4.78 is 33.3. The molecule has 2 aliphatic heterocycles. The molecule has 0 radical (unpaired) electrons. The highest BCUT2D eigenvalue weighted by Gasteiger charge is 2.47. The van der Waals surface area contributed by atoms with Crippen molar-refractivity contribution in [1.29, 1.82) is 0 Å². The van der Waals surface area contributed by atoms with Gasteiger partial charge in [-0.1, -0.05) is 158 Å². The van der Waals surface area contributed by atoms with Crippen LogP contribution < -0.4 is 0 Å². The molecule has 7 N–H and O–H groups in total. The molecule has 15 nitrogen and oxygen atoms in total. The third-order valence-electron chi connectivity index (χ3n) is 11.7. The Hall–Kier alpha value is -3.06. The van der Waals surface area contributed by atoms with Crippen LogP contribution in [-0.4, -0.2) is 142 Å². The zero-order chi connectivity index (χ0) is 49.6. The standard InChI is InChI=1S/C53H88O15/c1-3-5-7-9-11-13-15-17-19-20-22-24-26-28-30-32-34-36-45(56)66-41(38-63-44(55)35-33-31-29-27-25-23-21-18-16-14-12-10-8-6-4-2)39-64-52-51(62)49(60)47(58)43(68-52)40-65-53-50(61)48(59)46(57)42(37-54)67-53/h7,9,13,15,19-20,24,26,29,31,33,35,41-43,46-54,57-62H,3-6,8,10-12,14,16-18,21-23,25,27-28,30,32,34,36-40H2,1-2H3/b9-7+,15-13+,20-19+,26-24+,31-29+,35-33+/t41-,42+,43+,46-,47-,48?,49?,50?,51?,52+,53+/m1/s1. The van der Waals surface area contributed by atoms with Gasteiger partial charge in [0.25, 0.3) is 0 Å². The summed E-state index contributed by atoms with van der Waals surface area (Å²) in [5.74, 6) is -1.22. The molecule has 11 atom stereocenters. The first-order valence-electron chi connectivity index (χ1n) is 25.6. The van der Waals surface area contributed by atoms with Crippen molar-refractivity contribution in [2.75, 3.05) is 26.4 Å². The molecule has 0 saturated carbocycles. The van der Waals surface area contributed by atoms with Gasteiger partial charge in [-0.05, 0) is 57.8 Å². The van der Waals surface area contributed by atoms with Gasteiger partial charge in [0.15, 0.2) is 18.7 Å². The van der Waals surface area contributed by atoms with Crippen LogP contribution in [0.4, 0.5) is 0 Å². The summed E-state index contributed by atoms with van der Waals surface area (Å²) in [4.78, 5) is 25.6. The summed E-state index contributed by atoms with van der Waals surface area (Å²) in [6, 6.07) is 0. The normalized spacial score (nSPS) is 26.4. The fourth-order valence-electron chi connectivity index (χ4n) is 7.53. The lowest BCUT2D eigenvalue weighted by molar-refractivity contribution is -0.332. The van der Waals surface area contributed by atoms with Gasteiger partial charge in [0, 0.05) is 12.5 Å². The van der Waals surface area contributed by atoms with E-state index in [2.05, 4.69) is 62.5 Å². The third kappa shape index (κ3) is 27.4. The minimum absolute atomic E-state index is 0.105. The molecule has 2 rings (SSSR count). The van der Waals surface area contributed by atoms with E-state index >= 15 is 0 Å². The molecule has 0 aliphatic carbocycles. The Balaban J connectivity index is 1.87. The number of hydrogen-bond acceptors (Lipinski definition) is 15. The van der Waals surface area contributed by atoms with Gasteiger partial charge in [-0.15, -0.1) is 0 Å². The summed E-state index contributed by atoms with van der Waals surface area (Å²) in [5, 5.41) is 72.0. The van der Waals surface area contributed by atoms with Crippen LogP contribution in [0.2, 0.25) is 0 Å². The van der Waals surface area contributed by atoms with E-state index in [0.29, 0.717) is 6.42 Å². The highest BCUT2D eigenvalue weighted by Crippen LogP contribution is 2.26. The lowest BCUT2D eigenvalue weighted by Crippen LogP contribution is -2.61. The first-order chi connectivity index (χ1) is 33.0. The highest BCUT2D eigenvalue weighted by atomic mass is 16.7. The molecule has 0 bridgehead atoms. The molecule has 2 aliphatic rings. The maximum Gasteiger partial charge on any atom is 0.330 e. The van der Waals surface area contributed by atoms with Gasteiger partial charge in [0.1, 0.15) is 55.4 Å². The average molecular weight is 965 g/mol. The Morgan fingerprint density at radius 3 is 1.60 bits per heavy atom. The Morgan fingerprint density at radius 1 is 0.515 bits per heavy atom. The number of carbonyl (C=O) groups excluding carboxylic acids is 2. The number of hydrogen-bond donors (Lipinski definition) is 7. The third-order valence-corrected chi connectivity index (χ3v) is 11.7. The first-order valence-corrected chi connectivity index (χ1v) is 25.6. The summed E-state index contributed by atoms with van der Waals surface area (Å²) in [6.45, 7) is 2.35. The molecule has 0 spiro atoms. The van der Waals surface area contributed by atoms with Gasteiger partial charge in [0.05, 0.1) is 19.8 Å². The van der Waals surface area contributed by atoms with E-state index in [0.717, 1.165) is 57.8 Å². The second kappa shape index (κ2) is 39.6. The number of aliphatic hydroxyl groups excluding tert-OH is 7. The highest BCUT2D eigenvalue weighted by molar-refractivity contribution is 5.82. The van der Waals surface area contributed by atoms with Crippen LogP contribution in [0.1, 0.15) is 155 Å². The average Bonchev–Trinajstić information content (AvgIpc) is 3.33. The number of carbonyl (C=O) groups is 2. The smallest absolute Gasteiger partial charge is 0.330 e. The summed E-state index contributed by atoms with van der Waals surface area (Å²) in [6.07, 6.45) is 29.9. The van der Waals surface area contributed by atoms with Crippen LogP contribution in [0.25, 0.3) is 0 Å². The van der Waals surface area contributed by atoms with Gasteiger partial charge >= 0.3 is 11.9 Å². The van der Waals surface area contributed by atoms with Crippen molar-refractivity contribution in [3.8, 4) is 0 Å². The predicted molar refractivity (Wildman–Crippen MR) is 261 cm³/mol. The predicted octanol–water partition coefficient (Wildman–Crippen LogP) is 7.04. The van der Waals surface area contributed by atoms with Crippen LogP contribution in [0.15, 0.2) is 72.9 Å². The van der Waals surface area contributed by atoms with Crippen molar-refractivity contribution < 1.29 is 73.8 Å². The van der Waals surface area contributed by atoms with Crippen molar-refractivity contribution in [2.45, 2.75) is 223 Å².